The lowest BCUT2D eigenvalue weighted by atomic mass is 9.71. The molecule has 1 aliphatic heterocycles. The van der Waals surface area contributed by atoms with E-state index in [1.807, 2.05) is 0 Å². The fourth-order valence-corrected chi connectivity index (χ4v) is 5.92. The van der Waals surface area contributed by atoms with Gasteiger partial charge in [0.05, 0.1) is 11.5 Å². The second-order valence-electron chi connectivity index (χ2n) is 6.53. The highest BCUT2D eigenvalue weighted by atomic mass is 32.2. The minimum absolute atomic E-state index is 0.174. The van der Waals surface area contributed by atoms with Crippen LogP contribution in [0.25, 0.3) is 0 Å². The van der Waals surface area contributed by atoms with Gasteiger partial charge < -0.3 is 0 Å². The van der Waals surface area contributed by atoms with Crippen LogP contribution in [0, 0.1) is 23.7 Å². The van der Waals surface area contributed by atoms with E-state index in [0.717, 1.165) is 18.3 Å². The molecule has 1 aliphatic carbocycles. The summed E-state index contributed by atoms with van der Waals surface area (Å²) in [6.45, 7) is 4.59. The van der Waals surface area contributed by atoms with Crippen molar-refractivity contribution in [3.63, 3.8) is 0 Å². The van der Waals surface area contributed by atoms with Crippen LogP contribution in [0.1, 0.15) is 39.5 Å². The number of hydrogen-bond donors (Lipinski definition) is 2. The molecule has 5 heteroatoms. The number of hydrogen-bond acceptors (Lipinski definition) is 4. The van der Waals surface area contributed by atoms with E-state index in [-0.39, 0.29) is 12.0 Å². The molecule has 18 heavy (non-hydrogen) atoms. The molecule has 3 N–H and O–H groups in total. The second-order valence-corrected chi connectivity index (χ2v) is 8.76. The van der Waals surface area contributed by atoms with Gasteiger partial charge in [0.1, 0.15) is 0 Å². The van der Waals surface area contributed by atoms with Gasteiger partial charge in [-0.15, -0.1) is 0 Å². The highest BCUT2D eigenvalue weighted by Gasteiger charge is 2.39. The molecular formula is C13H26N2O2S. The molecule has 2 aliphatic rings. The van der Waals surface area contributed by atoms with Crippen molar-refractivity contribution in [2.24, 2.45) is 29.5 Å². The molecule has 0 aromatic heterocycles. The van der Waals surface area contributed by atoms with Crippen molar-refractivity contribution in [3.05, 3.63) is 0 Å². The Morgan fingerprint density at radius 2 is 1.72 bits per heavy atom. The van der Waals surface area contributed by atoms with Crippen molar-refractivity contribution in [1.29, 1.82) is 0 Å². The summed E-state index contributed by atoms with van der Waals surface area (Å²) < 4.78 is 23.2. The van der Waals surface area contributed by atoms with E-state index < -0.39 is 9.84 Å². The van der Waals surface area contributed by atoms with Gasteiger partial charge in [-0.1, -0.05) is 13.8 Å². The Morgan fingerprint density at radius 3 is 2.17 bits per heavy atom. The van der Waals surface area contributed by atoms with Crippen LogP contribution in [0.3, 0.4) is 0 Å². The molecule has 0 aromatic carbocycles. The third kappa shape index (κ3) is 3.25. The van der Waals surface area contributed by atoms with Crippen LogP contribution in [0.2, 0.25) is 0 Å². The first kappa shape index (κ1) is 14.3. The van der Waals surface area contributed by atoms with E-state index in [4.69, 9.17) is 5.84 Å². The van der Waals surface area contributed by atoms with Crippen LogP contribution in [0.4, 0.5) is 0 Å². The SMILES string of the molecule is CC1CC(C)CC(C(NN)C2CCS(=O)(=O)C2)C1. The molecule has 106 valence electrons. The molecule has 0 spiro atoms. The smallest absolute Gasteiger partial charge is 0.150 e. The molecule has 1 saturated heterocycles. The summed E-state index contributed by atoms with van der Waals surface area (Å²) in [6.07, 6.45) is 4.42. The highest BCUT2D eigenvalue weighted by molar-refractivity contribution is 7.91. The molecule has 0 bridgehead atoms. The van der Waals surface area contributed by atoms with Crippen LogP contribution >= 0.6 is 0 Å². The average Bonchev–Trinajstić information content (AvgIpc) is 2.58. The van der Waals surface area contributed by atoms with Crippen LogP contribution in [-0.4, -0.2) is 26.0 Å². The third-order valence-corrected chi connectivity index (χ3v) is 6.48. The first-order chi connectivity index (χ1) is 8.41. The largest absolute Gasteiger partial charge is 0.271 e. The number of rotatable bonds is 3. The van der Waals surface area contributed by atoms with Gasteiger partial charge in [-0.3, -0.25) is 11.3 Å². The van der Waals surface area contributed by atoms with Crippen LogP contribution in [0.15, 0.2) is 0 Å². The maximum Gasteiger partial charge on any atom is 0.150 e. The summed E-state index contributed by atoms with van der Waals surface area (Å²) in [5, 5.41) is 0. The van der Waals surface area contributed by atoms with E-state index in [9.17, 15) is 8.42 Å². The van der Waals surface area contributed by atoms with Gasteiger partial charge in [0, 0.05) is 6.04 Å². The predicted octanol–water partition coefficient (Wildman–Crippen LogP) is 1.33. The molecule has 4 nitrogen and oxygen atoms in total. The zero-order valence-electron chi connectivity index (χ0n) is 11.4. The van der Waals surface area contributed by atoms with Crippen LogP contribution in [-0.2, 0) is 9.84 Å². The maximum atomic E-state index is 11.6. The molecule has 1 saturated carbocycles. The normalized spacial score (nSPS) is 41.7. The van der Waals surface area contributed by atoms with E-state index in [0.29, 0.717) is 17.4 Å². The Hall–Kier alpha value is -0.130. The minimum atomic E-state index is -2.81. The quantitative estimate of drug-likeness (QED) is 0.601. The zero-order chi connectivity index (χ0) is 13.3. The van der Waals surface area contributed by atoms with E-state index in [1.54, 1.807) is 0 Å². The molecule has 0 amide bonds. The summed E-state index contributed by atoms with van der Waals surface area (Å²) in [5.41, 5.74) is 2.93. The fraction of sp³-hybridized carbons (Fsp3) is 1.00. The van der Waals surface area contributed by atoms with Crippen molar-refractivity contribution in [2.75, 3.05) is 11.5 Å². The van der Waals surface area contributed by atoms with Gasteiger partial charge in [-0.25, -0.2) is 8.42 Å². The van der Waals surface area contributed by atoms with E-state index >= 15 is 0 Å². The third-order valence-electron chi connectivity index (χ3n) is 4.69. The van der Waals surface area contributed by atoms with Crippen LogP contribution in [0.5, 0.6) is 0 Å². The topological polar surface area (TPSA) is 72.2 Å². The number of hydrazine groups is 1. The average molecular weight is 274 g/mol. The Morgan fingerprint density at radius 1 is 1.11 bits per heavy atom. The summed E-state index contributed by atoms with van der Waals surface area (Å²) in [5.74, 6) is 8.58. The van der Waals surface area contributed by atoms with Gasteiger partial charge in [0.15, 0.2) is 9.84 Å². The molecule has 4 unspecified atom stereocenters. The molecule has 2 fully saturated rings. The fourth-order valence-electron chi connectivity index (χ4n) is 4.07. The lowest BCUT2D eigenvalue weighted by molar-refractivity contribution is 0.149. The summed E-state index contributed by atoms with van der Waals surface area (Å²) >= 11 is 0. The van der Waals surface area contributed by atoms with E-state index in [1.165, 1.54) is 19.3 Å². The Kier molecular flexibility index (Phi) is 4.34. The molecule has 4 atom stereocenters. The number of nitrogens with two attached hydrogens (primary N) is 1. The van der Waals surface area contributed by atoms with Crippen molar-refractivity contribution in [3.8, 4) is 0 Å². The monoisotopic (exact) mass is 274 g/mol. The first-order valence-corrected chi connectivity index (χ1v) is 8.90. The lowest BCUT2D eigenvalue weighted by Crippen LogP contribution is -2.48. The van der Waals surface area contributed by atoms with Gasteiger partial charge in [-0.2, -0.15) is 0 Å². The van der Waals surface area contributed by atoms with Crippen LogP contribution < -0.4 is 11.3 Å². The standard InChI is InChI=1S/C13H26N2O2S/c1-9-5-10(2)7-12(6-9)13(15-14)11-3-4-18(16,17)8-11/h9-13,15H,3-8,14H2,1-2H3. The molecule has 2 rings (SSSR count). The van der Waals surface area contributed by atoms with E-state index in [2.05, 4.69) is 19.3 Å². The van der Waals surface area contributed by atoms with Gasteiger partial charge >= 0.3 is 0 Å². The zero-order valence-corrected chi connectivity index (χ0v) is 12.2. The highest BCUT2D eigenvalue weighted by Crippen LogP contribution is 2.38. The number of nitrogens with one attached hydrogen (secondary N) is 1. The molecule has 0 aromatic rings. The van der Waals surface area contributed by atoms with Gasteiger partial charge in [-0.05, 0) is 49.4 Å². The Labute approximate surface area is 111 Å². The summed E-state index contributed by atoms with van der Waals surface area (Å²) in [7, 11) is -2.81. The number of sulfone groups is 1. The first-order valence-electron chi connectivity index (χ1n) is 7.08. The van der Waals surface area contributed by atoms with Crippen molar-refractivity contribution in [2.45, 2.75) is 45.6 Å². The summed E-state index contributed by atoms with van der Waals surface area (Å²) in [4.78, 5) is 0. The molecule has 0 radical (unpaired) electrons. The molecule has 1 heterocycles. The van der Waals surface area contributed by atoms with Crippen molar-refractivity contribution < 1.29 is 8.42 Å². The van der Waals surface area contributed by atoms with Gasteiger partial charge in [0.2, 0.25) is 0 Å². The van der Waals surface area contributed by atoms with Gasteiger partial charge in [0.25, 0.3) is 0 Å². The van der Waals surface area contributed by atoms with Crippen molar-refractivity contribution >= 4 is 9.84 Å². The molecular weight excluding hydrogens is 248 g/mol. The predicted molar refractivity (Wildman–Crippen MR) is 73.5 cm³/mol. The summed E-state index contributed by atoms with van der Waals surface area (Å²) in [6, 6.07) is 0.174. The lowest BCUT2D eigenvalue weighted by Gasteiger charge is -2.38. The maximum absolute atomic E-state index is 11.6. The Balaban J connectivity index is 2.04. The minimum Gasteiger partial charge on any atom is -0.271 e. The Bertz CT molecular complexity index is 372. The van der Waals surface area contributed by atoms with Crippen molar-refractivity contribution in [1.82, 2.24) is 5.43 Å². The second kappa shape index (κ2) is 5.47.